The molecule has 0 saturated carbocycles. The molecular weight excluding hydrogens is 349 g/mol. The molecule has 0 aliphatic carbocycles. The molecule has 2 rings (SSSR count). The monoisotopic (exact) mass is 369 g/mol. The van der Waals surface area contributed by atoms with Gasteiger partial charge in [-0.25, -0.2) is 4.39 Å². The van der Waals surface area contributed by atoms with Gasteiger partial charge in [0.15, 0.2) is 0 Å². The van der Waals surface area contributed by atoms with Crippen molar-refractivity contribution in [3.63, 3.8) is 0 Å². The highest BCUT2D eigenvalue weighted by Gasteiger charge is 2.17. The largest absolute Gasteiger partial charge is 0.316 e. The molecule has 21 heavy (non-hydrogen) atoms. The van der Waals surface area contributed by atoms with Crippen LogP contribution in [0.5, 0.6) is 0 Å². The fraction of sp³-hybridized carbons (Fsp3) is 0.412. The van der Waals surface area contributed by atoms with Gasteiger partial charge in [-0.05, 0) is 58.6 Å². The van der Waals surface area contributed by atoms with Crippen LogP contribution in [0.4, 0.5) is 4.39 Å². The summed E-state index contributed by atoms with van der Waals surface area (Å²) in [6.45, 7) is 6.12. The third-order valence-electron chi connectivity index (χ3n) is 3.36. The first-order valence-corrected chi connectivity index (χ1v) is 8.86. The van der Waals surface area contributed by atoms with Crippen LogP contribution in [0.2, 0.25) is 0 Å². The van der Waals surface area contributed by atoms with E-state index in [9.17, 15) is 4.39 Å². The summed E-state index contributed by atoms with van der Waals surface area (Å²) in [6.07, 6.45) is 0.863. The van der Waals surface area contributed by atoms with E-state index in [2.05, 4.69) is 47.2 Å². The number of nitrogens with one attached hydrogen (secondary N) is 1. The number of benzene rings is 1. The Kier molecular flexibility index (Phi) is 6.40. The molecule has 1 atom stereocenters. The molecule has 1 nitrogen and oxygen atoms in total. The van der Waals surface area contributed by atoms with Crippen molar-refractivity contribution < 1.29 is 4.39 Å². The van der Waals surface area contributed by atoms with E-state index >= 15 is 0 Å². The van der Waals surface area contributed by atoms with Gasteiger partial charge >= 0.3 is 0 Å². The summed E-state index contributed by atoms with van der Waals surface area (Å²) in [5, 5.41) is 3.46. The summed E-state index contributed by atoms with van der Waals surface area (Å²) in [4.78, 5) is 1.28. The van der Waals surface area contributed by atoms with Crippen molar-refractivity contribution in [1.29, 1.82) is 0 Å². The standard InChI is InChI=1S/C17H21BrFNS/c1-12(2)10-20-11-13(9-14-7-8-17(18)21-14)15-5-3-4-6-16(15)19/h3-8,12-13,20H,9-11H2,1-2H3. The Morgan fingerprint density at radius 3 is 2.52 bits per heavy atom. The normalized spacial score (nSPS) is 12.8. The first-order chi connectivity index (χ1) is 10.1. The van der Waals surface area contributed by atoms with E-state index in [4.69, 9.17) is 0 Å². The Morgan fingerprint density at radius 1 is 1.14 bits per heavy atom. The number of thiophene rings is 1. The van der Waals surface area contributed by atoms with Crippen LogP contribution in [0.1, 0.15) is 30.2 Å². The second kappa shape index (κ2) is 8.06. The molecule has 0 saturated heterocycles. The second-order valence-electron chi connectivity index (χ2n) is 5.68. The summed E-state index contributed by atoms with van der Waals surface area (Å²) in [6, 6.07) is 11.3. The molecule has 1 aromatic carbocycles. The fourth-order valence-corrected chi connectivity index (χ4v) is 3.91. The molecular formula is C17H21BrFNS. The van der Waals surface area contributed by atoms with Crippen LogP contribution in [-0.2, 0) is 6.42 Å². The molecule has 0 spiro atoms. The van der Waals surface area contributed by atoms with Gasteiger partial charge in [-0.3, -0.25) is 0 Å². The first kappa shape index (κ1) is 16.7. The van der Waals surface area contributed by atoms with Gasteiger partial charge < -0.3 is 5.32 Å². The predicted octanol–water partition coefficient (Wildman–Crippen LogP) is 5.22. The van der Waals surface area contributed by atoms with Crippen LogP contribution >= 0.6 is 27.3 Å². The van der Waals surface area contributed by atoms with Crippen LogP contribution in [0, 0.1) is 11.7 Å². The van der Waals surface area contributed by atoms with Crippen LogP contribution < -0.4 is 5.32 Å². The minimum atomic E-state index is -0.107. The van der Waals surface area contributed by atoms with Crippen molar-refractivity contribution in [3.05, 3.63) is 56.4 Å². The van der Waals surface area contributed by atoms with Crippen molar-refractivity contribution >= 4 is 27.3 Å². The Labute approximate surface area is 138 Å². The highest BCUT2D eigenvalue weighted by molar-refractivity contribution is 9.11. The van der Waals surface area contributed by atoms with E-state index in [0.717, 1.165) is 28.9 Å². The van der Waals surface area contributed by atoms with E-state index in [1.54, 1.807) is 23.5 Å². The maximum atomic E-state index is 14.1. The molecule has 0 amide bonds. The number of hydrogen-bond acceptors (Lipinski definition) is 2. The Hall–Kier alpha value is -0.710. The smallest absolute Gasteiger partial charge is 0.126 e. The number of rotatable bonds is 7. The SMILES string of the molecule is CC(C)CNCC(Cc1ccc(Br)s1)c1ccccc1F. The number of hydrogen-bond donors (Lipinski definition) is 1. The molecule has 1 heterocycles. The highest BCUT2D eigenvalue weighted by atomic mass is 79.9. The van der Waals surface area contributed by atoms with Gasteiger partial charge in [0, 0.05) is 17.3 Å². The first-order valence-electron chi connectivity index (χ1n) is 7.25. The van der Waals surface area contributed by atoms with E-state index in [1.807, 2.05) is 12.1 Å². The lowest BCUT2D eigenvalue weighted by Gasteiger charge is -2.19. The van der Waals surface area contributed by atoms with Crippen LogP contribution in [0.15, 0.2) is 40.2 Å². The highest BCUT2D eigenvalue weighted by Crippen LogP contribution is 2.29. The zero-order valence-corrected chi connectivity index (χ0v) is 14.8. The van der Waals surface area contributed by atoms with Gasteiger partial charge in [-0.1, -0.05) is 32.0 Å². The van der Waals surface area contributed by atoms with Crippen molar-refractivity contribution in [2.75, 3.05) is 13.1 Å². The maximum absolute atomic E-state index is 14.1. The Morgan fingerprint density at radius 2 is 1.90 bits per heavy atom. The molecule has 1 unspecified atom stereocenters. The topological polar surface area (TPSA) is 12.0 Å². The average Bonchev–Trinajstić information content (AvgIpc) is 2.83. The Bertz CT molecular complexity index is 567. The van der Waals surface area contributed by atoms with Crippen molar-refractivity contribution in [2.24, 2.45) is 5.92 Å². The van der Waals surface area contributed by atoms with Crippen molar-refractivity contribution in [1.82, 2.24) is 5.32 Å². The van der Waals surface area contributed by atoms with Gasteiger partial charge in [0.2, 0.25) is 0 Å². The lowest BCUT2D eigenvalue weighted by Crippen LogP contribution is -2.26. The van der Waals surface area contributed by atoms with Crippen LogP contribution in [-0.4, -0.2) is 13.1 Å². The summed E-state index contributed by atoms with van der Waals surface area (Å²) < 4.78 is 15.2. The molecule has 1 N–H and O–H groups in total. The number of halogens is 2. The molecule has 0 radical (unpaired) electrons. The predicted molar refractivity (Wildman–Crippen MR) is 92.6 cm³/mol. The second-order valence-corrected chi connectivity index (χ2v) is 8.23. The Balaban J connectivity index is 2.12. The molecule has 0 aliphatic rings. The van der Waals surface area contributed by atoms with Gasteiger partial charge in [0.05, 0.1) is 3.79 Å². The molecule has 0 bridgehead atoms. The third kappa shape index (κ3) is 5.20. The fourth-order valence-electron chi connectivity index (χ4n) is 2.35. The maximum Gasteiger partial charge on any atom is 0.126 e. The zero-order valence-electron chi connectivity index (χ0n) is 12.4. The summed E-state index contributed by atoms with van der Waals surface area (Å²) >= 11 is 5.22. The molecule has 0 fully saturated rings. The van der Waals surface area contributed by atoms with Gasteiger partial charge in [-0.15, -0.1) is 11.3 Å². The minimum Gasteiger partial charge on any atom is -0.316 e. The zero-order chi connectivity index (χ0) is 15.2. The lowest BCUT2D eigenvalue weighted by atomic mass is 9.94. The molecule has 114 valence electrons. The minimum absolute atomic E-state index is 0.107. The molecule has 2 aromatic rings. The van der Waals surface area contributed by atoms with E-state index < -0.39 is 0 Å². The summed E-state index contributed by atoms with van der Waals surface area (Å²) in [7, 11) is 0. The molecule has 4 heteroatoms. The van der Waals surface area contributed by atoms with E-state index in [-0.39, 0.29) is 11.7 Å². The average molecular weight is 370 g/mol. The lowest BCUT2D eigenvalue weighted by molar-refractivity contribution is 0.500. The van der Waals surface area contributed by atoms with Gasteiger partial charge in [0.25, 0.3) is 0 Å². The van der Waals surface area contributed by atoms with Crippen molar-refractivity contribution in [2.45, 2.75) is 26.2 Å². The molecule has 1 aromatic heterocycles. The quantitative estimate of drug-likeness (QED) is 0.705. The summed E-state index contributed by atoms with van der Waals surface area (Å²) in [5.41, 5.74) is 0.804. The third-order valence-corrected chi connectivity index (χ3v) is 5.01. The van der Waals surface area contributed by atoms with Crippen LogP contribution in [0.25, 0.3) is 0 Å². The molecule has 0 aliphatic heterocycles. The van der Waals surface area contributed by atoms with Gasteiger partial charge in [-0.2, -0.15) is 0 Å². The van der Waals surface area contributed by atoms with E-state index in [0.29, 0.717) is 5.92 Å². The van der Waals surface area contributed by atoms with E-state index in [1.165, 1.54) is 4.88 Å². The van der Waals surface area contributed by atoms with Crippen LogP contribution in [0.3, 0.4) is 0 Å². The summed E-state index contributed by atoms with van der Waals surface area (Å²) in [5.74, 6) is 0.655. The van der Waals surface area contributed by atoms with Crippen molar-refractivity contribution in [3.8, 4) is 0 Å². The van der Waals surface area contributed by atoms with Gasteiger partial charge in [0.1, 0.15) is 5.82 Å².